The Bertz CT molecular complexity index is 4920. The van der Waals surface area contributed by atoms with Crippen molar-refractivity contribution in [3.63, 3.8) is 0 Å². The normalized spacial score (nSPS) is 11.3. The summed E-state index contributed by atoms with van der Waals surface area (Å²) < 4.78 is 9.00. The lowest BCUT2D eigenvalue weighted by atomic mass is 10.0. The number of anilines is 3. The number of hydrogen-bond donors (Lipinski definition) is 3. The first-order chi connectivity index (χ1) is 41.0. The number of nitrogens with zero attached hydrogens (tertiary/aromatic N) is 13. The van der Waals surface area contributed by atoms with Gasteiger partial charge in [-0.15, -0.1) is 0 Å². The van der Waals surface area contributed by atoms with Crippen molar-refractivity contribution in [2.24, 2.45) is 28.2 Å². The fourth-order valence-corrected chi connectivity index (χ4v) is 11.1. The van der Waals surface area contributed by atoms with E-state index in [1.807, 2.05) is 69.1 Å². The molecule has 0 saturated carbocycles. The van der Waals surface area contributed by atoms with Crippen LogP contribution in [0.15, 0.2) is 219 Å². The van der Waals surface area contributed by atoms with Gasteiger partial charge in [-0.05, 0) is 157 Å². The molecule has 0 aliphatic rings. The van der Waals surface area contributed by atoms with Crippen LogP contribution in [0.2, 0.25) is 0 Å². The molecule has 15 rings (SSSR count). The lowest BCUT2D eigenvalue weighted by Gasteiger charge is -2.12. The zero-order valence-electron chi connectivity index (χ0n) is 46.4. The van der Waals surface area contributed by atoms with Gasteiger partial charge in [-0.25, -0.2) is 4.98 Å². The van der Waals surface area contributed by atoms with Gasteiger partial charge in [-0.1, -0.05) is 36.4 Å². The maximum Gasteiger partial charge on any atom is 0.106 e. The summed E-state index contributed by atoms with van der Waals surface area (Å²) in [5, 5.41) is 15.0. The third-order valence-electron chi connectivity index (χ3n) is 15.0. The fraction of sp³-hybridized carbons (Fsp3) is 0.0896. The Balaban J connectivity index is 0.000000121. The number of hydrogen-bond acceptors (Lipinski definition) is 12. The fourth-order valence-electron chi connectivity index (χ4n) is 10.7. The Morgan fingerprint density at radius 1 is 0.417 bits per heavy atom. The largest absolute Gasteiger partial charge is 0.399 e. The van der Waals surface area contributed by atoms with Crippen molar-refractivity contribution >= 4 is 98.8 Å². The predicted octanol–water partition coefficient (Wildman–Crippen LogP) is 14.1. The Morgan fingerprint density at radius 2 is 0.857 bits per heavy atom. The van der Waals surface area contributed by atoms with Gasteiger partial charge < -0.3 is 30.1 Å². The maximum atomic E-state index is 6.01. The summed E-state index contributed by atoms with van der Waals surface area (Å²) in [6, 6.07) is 46.1. The van der Waals surface area contributed by atoms with E-state index in [9.17, 15) is 0 Å². The first-order valence-corrected chi connectivity index (χ1v) is 28.0. The zero-order valence-corrected chi connectivity index (χ0v) is 48.0. The number of rotatable bonds is 10. The molecule has 9 heterocycles. The number of nitrogen functional groups attached to an aromatic ring is 1. The zero-order chi connectivity index (χ0) is 57.3. The lowest BCUT2D eigenvalue weighted by Crippen LogP contribution is -2.01. The third kappa shape index (κ3) is 11.0. The number of aromatic nitrogens is 13. The van der Waals surface area contributed by atoms with E-state index < -0.39 is 0 Å². The minimum atomic E-state index is 0.665. The Morgan fingerprint density at radius 3 is 1.32 bits per heavy atom. The van der Waals surface area contributed by atoms with Crippen LogP contribution in [0.3, 0.4) is 0 Å². The van der Waals surface area contributed by atoms with Gasteiger partial charge in [0.05, 0.1) is 45.0 Å². The first kappa shape index (κ1) is 52.7. The van der Waals surface area contributed by atoms with Gasteiger partial charge in [0, 0.05) is 172 Å². The summed E-state index contributed by atoms with van der Waals surface area (Å²) in [5.41, 5.74) is 28.2. The summed E-state index contributed by atoms with van der Waals surface area (Å²) in [7, 11) is 8.08. The molecule has 0 fully saturated rings. The van der Waals surface area contributed by atoms with E-state index in [-0.39, 0.29) is 0 Å². The quantitative estimate of drug-likeness (QED) is 0.0870. The molecule has 0 aliphatic carbocycles. The second-order valence-electron chi connectivity index (χ2n) is 20.6. The molecule has 15 aromatic rings. The van der Waals surface area contributed by atoms with Crippen LogP contribution in [0.25, 0.3) is 110 Å². The van der Waals surface area contributed by atoms with Gasteiger partial charge in [0.25, 0.3) is 0 Å². The van der Waals surface area contributed by atoms with Crippen LogP contribution >= 0.6 is 15.9 Å². The van der Waals surface area contributed by atoms with E-state index in [2.05, 4.69) is 215 Å². The van der Waals surface area contributed by atoms with Crippen LogP contribution in [-0.2, 0) is 41.3 Å². The van der Waals surface area contributed by atoms with Crippen molar-refractivity contribution in [3.05, 3.63) is 230 Å². The van der Waals surface area contributed by atoms with Gasteiger partial charge in [-0.2, -0.15) is 5.10 Å². The first-order valence-electron chi connectivity index (χ1n) is 27.2. The summed E-state index contributed by atoms with van der Waals surface area (Å²) in [6.07, 6.45) is 24.0. The molecule has 0 bridgehead atoms. The van der Waals surface area contributed by atoms with Crippen molar-refractivity contribution in [3.8, 4) is 44.6 Å². The van der Waals surface area contributed by atoms with Gasteiger partial charge in [0.1, 0.15) is 4.60 Å². The highest BCUT2D eigenvalue weighted by Gasteiger charge is 2.15. The molecule has 6 aromatic carbocycles. The number of nitrogens with one attached hydrogen (secondary N) is 2. The molecule has 4 N–H and O–H groups in total. The van der Waals surface area contributed by atoms with E-state index in [0.717, 1.165) is 105 Å². The van der Waals surface area contributed by atoms with Crippen LogP contribution in [0.4, 0.5) is 17.1 Å². The minimum Gasteiger partial charge on any atom is -0.399 e. The summed E-state index contributed by atoms with van der Waals surface area (Å²) in [6.45, 7) is 1.36. The number of fused-ring (bicyclic) bond motifs is 6. The van der Waals surface area contributed by atoms with E-state index in [4.69, 9.17) is 5.73 Å². The Kier molecular flexibility index (Phi) is 14.3. The van der Waals surface area contributed by atoms with Crippen LogP contribution in [-0.4, -0.2) is 63.4 Å². The SMILES string of the molecule is Cn1cc(-c2cc(CNc3cc(-c4ccc5ccn(C)c5c4)c4nccnc4c3)ccn2)cn1.Cn1ccc2ccc(-c3cc(N)cc4nccnc34)cc21.Cn1ccc2ccc(-c3cc(NCc4ccnc(Br)c4)cc4nccnc34)cc21. The van der Waals surface area contributed by atoms with Crippen molar-refractivity contribution in [2.45, 2.75) is 13.1 Å². The molecule has 17 heteroatoms. The Labute approximate surface area is 491 Å². The van der Waals surface area contributed by atoms with Crippen molar-refractivity contribution in [1.29, 1.82) is 0 Å². The van der Waals surface area contributed by atoms with Gasteiger partial charge >= 0.3 is 0 Å². The van der Waals surface area contributed by atoms with Gasteiger partial charge in [0.2, 0.25) is 0 Å². The van der Waals surface area contributed by atoms with Crippen LogP contribution in [0.5, 0.6) is 0 Å². The highest BCUT2D eigenvalue weighted by atomic mass is 79.9. The maximum absolute atomic E-state index is 6.01. The topological polar surface area (TPSA) is 186 Å². The molecular weight excluding hydrogens is 1110 g/mol. The molecular formula is C67H55BrN16. The lowest BCUT2D eigenvalue weighted by molar-refractivity contribution is 0.768. The molecule has 0 atom stereocenters. The van der Waals surface area contributed by atoms with Crippen molar-refractivity contribution in [2.75, 3.05) is 16.4 Å². The number of nitrogens with two attached hydrogens (primary N) is 1. The van der Waals surface area contributed by atoms with Gasteiger partial charge in [-0.3, -0.25) is 39.6 Å². The van der Waals surface area contributed by atoms with Crippen LogP contribution in [0, 0.1) is 0 Å². The predicted molar refractivity (Wildman–Crippen MR) is 342 cm³/mol. The van der Waals surface area contributed by atoms with E-state index in [1.54, 1.807) is 48.1 Å². The van der Waals surface area contributed by atoms with Crippen LogP contribution in [0.1, 0.15) is 11.1 Å². The highest BCUT2D eigenvalue weighted by molar-refractivity contribution is 9.10. The molecule has 0 radical (unpaired) electrons. The molecule has 0 unspecified atom stereocenters. The number of pyridine rings is 2. The molecule has 0 saturated heterocycles. The average molecular weight is 1160 g/mol. The van der Waals surface area contributed by atoms with E-state index in [0.29, 0.717) is 18.8 Å². The molecule has 0 amide bonds. The highest BCUT2D eigenvalue weighted by Crippen LogP contribution is 2.36. The van der Waals surface area contributed by atoms with E-state index in [1.165, 1.54) is 32.7 Å². The standard InChI is InChI=1S/C27H23N7.C23H18BrN5.C17H14N4/c1-33-10-6-19-3-4-20(12-26(19)33)23-13-22(14-25-27(23)30-9-8-29-25)31-15-18-5-7-28-24(11-18)21-16-32-34(2)17-21;1-29-9-5-16-2-3-17(11-21(16)29)19-12-18(13-20-23(19)27-8-7-25-20)28-14-15-4-6-26-22(24)10-15;1-21-7-4-11-2-3-12(8-16(11)21)14-9-13(18)10-15-17(14)20-6-5-19-15/h3-14,16-17,31H,15H2,1-2H3;2-13,28H,14H2,1H3;2-10H,18H2,1H3. The summed E-state index contributed by atoms with van der Waals surface area (Å²) in [4.78, 5) is 35.9. The second-order valence-corrected chi connectivity index (χ2v) is 21.4. The Hall–Kier alpha value is -10.7. The van der Waals surface area contributed by atoms with Crippen molar-refractivity contribution in [1.82, 2.24) is 63.4 Å². The molecule has 410 valence electrons. The number of halogens is 1. The van der Waals surface area contributed by atoms with Crippen LogP contribution < -0.4 is 16.4 Å². The smallest absolute Gasteiger partial charge is 0.106 e. The summed E-state index contributed by atoms with van der Waals surface area (Å²) >= 11 is 3.43. The van der Waals surface area contributed by atoms with Crippen molar-refractivity contribution < 1.29 is 0 Å². The summed E-state index contributed by atoms with van der Waals surface area (Å²) in [5.74, 6) is 0. The molecule has 16 nitrogen and oxygen atoms in total. The van der Waals surface area contributed by atoms with Gasteiger partial charge in [0.15, 0.2) is 0 Å². The van der Waals surface area contributed by atoms with E-state index >= 15 is 0 Å². The number of benzene rings is 6. The number of aryl methyl sites for hydroxylation is 4. The molecule has 84 heavy (non-hydrogen) atoms. The third-order valence-corrected chi connectivity index (χ3v) is 15.4. The minimum absolute atomic E-state index is 0.665. The molecule has 0 aliphatic heterocycles. The molecule has 0 spiro atoms. The monoisotopic (exact) mass is 1160 g/mol. The molecule has 9 aromatic heterocycles. The average Bonchev–Trinajstić information content (AvgIpc) is 4.44. The second kappa shape index (κ2) is 22.7.